The van der Waals surface area contributed by atoms with E-state index in [2.05, 4.69) is 25.8 Å². The van der Waals surface area contributed by atoms with Gasteiger partial charge in [-0.25, -0.2) is 4.79 Å². The van der Waals surface area contributed by atoms with E-state index in [0.717, 1.165) is 11.3 Å². The van der Waals surface area contributed by atoms with Crippen molar-refractivity contribution in [3.8, 4) is 11.4 Å². The number of pyridine rings is 1. The topological polar surface area (TPSA) is 113 Å². The molecule has 1 aliphatic rings. The fourth-order valence-corrected chi connectivity index (χ4v) is 3.83. The van der Waals surface area contributed by atoms with Gasteiger partial charge in [-0.3, -0.25) is 9.78 Å². The average Bonchev–Trinajstić information content (AvgIpc) is 3.33. The molecule has 4 rings (SSSR count). The summed E-state index contributed by atoms with van der Waals surface area (Å²) in [6.45, 7) is 5.04. The first-order chi connectivity index (χ1) is 16.0. The summed E-state index contributed by atoms with van der Waals surface area (Å²) in [7, 11) is 0. The highest BCUT2D eigenvalue weighted by atomic mass is 16.5. The number of carbonyl (C=O) groups excluding carboxylic acids is 2. The molecule has 1 fully saturated rings. The molecule has 1 aromatic carbocycles. The molecule has 0 bridgehead atoms. The number of benzene rings is 1. The van der Waals surface area contributed by atoms with Crippen LogP contribution in [0.4, 0.5) is 10.5 Å². The lowest BCUT2D eigenvalue weighted by Gasteiger charge is -2.32. The third-order valence-electron chi connectivity index (χ3n) is 5.79. The Morgan fingerprint density at radius 1 is 1.06 bits per heavy atom. The Labute approximate surface area is 192 Å². The molecule has 0 radical (unpaired) electrons. The number of anilines is 1. The van der Waals surface area contributed by atoms with Crippen molar-refractivity contribution in [2.24, 2.45) is 11.8 Å². The van der Waals surface area contributed by atoms with Crippen LogP contribution in [0, 0.1) is 11.8 Å². The molecule has 9 heteroatoms. The molecule has 1 atom stereocenters. The Hall–Kier alpha value is -3.75. The predicted octanol–water partition coefficient (Wildman–Crippen LogP) is 3.89. The van der Waals surface area contributed by atoms with Crippen LogP contribution in [0.1, 0.15) is 38.6 Å². The second kappa shape index (κ2) is 10.2. The fraction of sp³-hybridized carbons (Fsp3) is 0.375. The van der Waals surface area contributed by atoms with E-state index in [0.29, 0.717) is 37.6 Å². The molecule has 1 saturated heterocycles. The summed E-state index contributed by atoms with van der Waals surface area (Å²) in [5.74, 6) is 0.682. The van der Waals surface area contributed by atoms with Crippen molar-refractivity contribution in [1.82, 2.24) is 25.3 Å². The standard InChI is InChI=1S/C24H28N6O3/c1-16(2)20(23-28-21(29-33-23)17-8-12-25-13-9-17)27-22(31)18-10-14-30(15-11-18)24(32)26-19-6-4-3-5-7-19/h3-9,12-13,16,18,20H,10-11,14-15H2,1-2H3,(H,26,32)(H,27,31). The number of hydrogen-bond donors (Lipinski definition) is 2. The van der Waals surface area contributed by atoms with Crippen LogP contribution < -0.4 is 10.6 Å². The van der Waals surface area contributed by atoms with E-state index >= 15 is 0 Å². The van der Waals surface area contributed by atoms with E-state index in [1.54, 1.807) is 29.4 Å². The molecule has 9 nitrogen and oxygen atoms in total. The molecule has 3 aromatic rings. The average molecular weight is 449 g/mol. The highest BCUT2D eigenvalue weighted by Crippen LogP contribution is 2.25. The molecule has 1 unspecified atom stereocenters. The molecule has 2 N–H and O–H groups in total. The van der Waals surface area contributed by atoms with Crippen LogP contribution in [0.25, 0.3) is 11.4 Å². The summed E-state index contributed by atoms with van der Waals surface area (Å²) in [4.78, 5) is 35.7. The molecule has 3 heterocycles. The fourth-order valence-electron chi connectivity index (χ4n) is 3.83. The Morgan fingerprint density at radius 3 is 2.42 bits per heavy atom. The van der Waals surface area contributed by atoms with Crippen LogP contribution in [-0.4, -0.2) is 45.1 Å². The third kappa shape index (κ3) is 5.54. The van der Waals surface area contributed by atoms with Gasteiger partial charge < -0.3 is 20.1 Å². The van der Waals surface area contributed by atoms with Crippen molar-refractivity contribution in [3.63, 3.8) is 0 Å². The monoisotopic (exact) mass is 448 g/mol. The summed E-state index contributed by atoms with van der Waals surface area (Å²) in [5.41, 5.74) is 1.56. The maximum absolute atomic E-state index is 13.0. The number of nitrogens with one attached hydrogen (secondary N) is 2. The third-order valence-corrected chi connectivity index (χ3v) is 5.79. The Morgan fingerprint density at radius 2 is 1.76 bits per heavy atom. The first-order valence-corrected chi connectivity index (χ1v) is 11.2. The smallest absolute Gasteiger partial charge is 0.321 e. The molecule has 2 aromatic heterocycles. The van der Waals surface area contributed by atoms with Crippen molar-refractivity contribution in [3.05, 3.63) is 60.7 Å². The summed E-state index contributed by atoms with van der Waals surface area (Å²) in [6, 6.07) is 12.4. The molecular formula is C24H28N6O3. The van der Waals surface area contributed by atoms with Crippen molar-refractivity contribution < 1.29 is 14.1 Å². The van der Waals surface area contributed by atoms with Gasteiger partial charge in [0.25, 0.3) is 0 Å². The number of urea groups is 1. The number of piperidine rings is 1. The lowest BCUT2D eigenvalue weighted by atomic mass is 9.94. The quantitative estimate of drug-likeness (QED) is 0.591. The van der Waals surface area contributed by atoms with Crippen LogP contribution in [0.3, 0.4) is 0 Å². The van der Waals surface area contributed by atoms with Gasteiger partial charge >= 0.3 is 6.03 Å². The minimum absolute atomic E-state index is 0.0551. The SMILES string of the molecule is CC(C)C(NC(=O)C1CCN(C(=O)Nc2ccccc2)CC1)c1nc(-c2ccncc2)no1. The molecule has 1 aliphatic heterocycles. The molecular weight excluding hydrogens is 420 g/mol. The first kappa shape index (κ1) is 22.4. The molecule has 0 spiro atoms. The van der Waals surface area contributed by atoms with Gasteiger partial charge in [0, 0.05) is 42.7 Å². The van der Waals surface area contributed by atoms with E-state index < -0.39 is 0 Å². The number of carbonyl (C=O) groups is 2. The van der Waals surface area contributed by atoms with Crippen molar-refractivity contribution in [1.29, 1.82) is 0 Å². The van der Waals surface area contributed by atoms with Gasteiger partial charge in [0.05, 0.1) is 0 Å². The number of rotatable bonds is 6. The molecule has 3 amide bonds. The molecule has 172 valence electrons. The predicted molar refractivity (Wildman–Crippen MR) is 123 cm³/mol. The van der Waals surface area contributed by atoms with E-state index in [1.165, 1.54) is 0 Å². The van der Waals surface area contributed by atoms with Gasteiger partial charge in [-0.05, 0) is 43.0 Å². The van der Waals surface area contributed by atoms with Gasteiger partial charge in [-0.2, -0.15) is 4.98 Å². The van der Waals surface area contributed by atoms with E-state index in [-0.39, 0.29) is 29.8 Å². The van der Waals surface area contributed by atoms with Gasteiger partial charge in [0.1, 0.15) is 6.04 Å². The van der Waals surface area contributed by atoms with Crippen molar-refractivity contribution >= 4 is 17.6 Å². The molecule has 0 aliphatic carbocycles. The minimum atomic E-state index is -0.389. The van der Waals surface area contributed by atoms with E-state index in [4.69, 9.17) is 4.52 Å². The second-order valence-electron chi connectivity index (χ2n) is 8.48. The number of nitrogens with zero attached hydrogens (tertiary/aromatic N) is 4. The van der Waals surface area contributed by atoms with Crippen molar-refractivity contribution in [2.75, 3.05) is 18.4 Å². The zero-order valence-electron chi connectivity index (χ0n) is 18.8. The maximum Gasteiger partial charge on any atom is 0.321 e. The summed E-state index contributed by atoms with van der Waals surface area (Å²) in [5, 5.41) is 10.0. The van der Waals surface area contributed by atoms with Gasteiger partial charge in [-0.15, -0.1) is 0 Å². The second-order valence-corrected chi connectivity index (χ2v) is 8.48. The summed E-state index contributed by atoms with van der Waals surface area (Å²) in [6.07, 6.45) is 4.54. The minimum Gasteiger partial charge on any atom is -0.344 e. The van der Waals surface area contributed by atoms with Crippen LogP contribution in [0.15, 0.2) is 59.4 Å². The normalized spacial score (nSPS) is 15.3. The zero-order valence-corrected chi connectivity index (χ0v) is 18.8. The molecule has 0 saturated carbocycles. The van der Waals surface area contributed by atoms with E-state index in [1.807, 2.05) is 44.2 Å². The maximum atomic E-state index is 13.0. The summed E-state index contributed by atoms with van der Waals surface area (Å²) >= 11 is 0. The van der Waals surface area contributed by atoms with Crippen LogP contribution in [-0.2, 0) is 4.79 Å². The number of para-hydroxylation sites is 1. The highest BCUT2D eigenvalue weighted by molar-refractivity contribution is 5.89. The first-order valence-electron chi connectivity index (χ1n) is 11.2. The van der Waals surface area contributed by atoms with Gasteiger partial charge in [0.15, 0.2) is 0 Å². The van der Waals surface area contributed by atoms with Crippen LogP contribution in [0.5, 0.6) is 0 Å². The lowest BCUT2D eigenvalue weighted by molar-refractivity contribution is -0.127. The van der Waals surface area contributed by atoms with Gasteiger partial charge in [-0.1, -0.05) is 37.2 Å². The number of hydrogen-bond acceptors (Lipinski definition) is 6. The zero-order chi connectivity index (χ0) is 23.2. The summed E-state index contributed by atoms with van der Waals surface area (Å²) < 4.78 is 5.48. The largest absolute Gasteiger partial charge is 0.344 e. The number of amides is 3. The lowest BCUT2D eigenvalue weighted by Crippen LogP contribution is -2.45. The number of aromatic nitrogens is 3. The Bertz CT molecular complexity index is 1060. The Balaban J connectivity index is 1.33. The highest BCUT2D eigenvalue weighted by Gasteiger charge is 2.31. The van der Waals surface area contributed by atoms with E-state index in [9.17, 15) is 9.59 Å². The van der Waals surface area contributed by atoms with Crippen molar-refractivity contribution in [2.45, 2.75) is 32.7 Å². The van der Waals surface area contributed by atoms with Crippen LogP contribution >= 0.6 is 0 Å². The van der Waals surface area contributed by atoms with Gasteiger partial charge in [0.2, 0.25) is 17.6 Å². The Kier molecular flexibility index (Phi) is 6.97. The number of likely N-dealkylation sites (tertiary alicyclic amines) is 1. The molecule has 33 heavy (non-hydrogen) atoms. The van der Waals surface area contributed by atoms with Crippen LogP contribution in [0.2, 0.25) is 0 Å².